The number of rotatable bonds is 3. The maximum atomic E-state index is 13.4. The molecule has 0 fully saturated rings. The van der Waals surface area contributed by atoms with Gasteiger partial charge in [0.05, 0.1) is 18.1 Å². The van der Waals surface area contributed by atoms with Crippen molar-refractivity contribution in [3.05, 3.63) is 53.6 Å². The molecule has 1 unspecified atom stereocenters. The van der Waals surface area contributed by atoms with Crippen LogP contribution in [0.3, 0.4) is 0 Å². The zero-order valence-corrected chi connectivity index (χ0v) is 9.40. The second-order valence-electron chi connectivity index (χ2n) is 4.01. The zero-order valence-electron chi connectivity index (χ0n) is 9.40. The van der Waals surface area contributed by atoms with Crippen LogP contribution < -0.4 is 5.73 Å². The standard InChI is InChI=1S/C12H13F2N3/c1-17-6-12(16-7-17)11(15)5-8-4-9(13)2-3-10(8)14/h2-4,6-7,11H,5,15H2,1H3. The number of hydrogen-bond acceptors (Lipinski definition) is 2. The van der Waals surface area contributed by atoms with Crippen LogP contribution in [0.4, 0.5) is 8.78 Å². The summed E-state index contributed by atoms with van der Waals surface area (Å²) in [5.74, 6) is -0.910. The molecule has 0 aliphatic heterocycles. The minimum atomic E-state index is -0.463. The topological polar surface area (TPSA) is 43.8 Å². The lowest BCUT2D eigenvalue weighted by Crippen LogP contribution is -2.14. The van der Waals surface area contributed by atoms with Crippen LogP contribution in [0.25, 0.3) is 0 Å². The fourth-order valence-electron chi connectivity index (χ4n) is 1.67. The predicted octanol–water partition coefficient (Wildman–Crippen LogP) is 1.94. The van der Waals surface area contributed by atoms with E-state index in [0.29, 0.717) is 5.69 Å². The van der Waals surface area contributed by atoms with Gasteiger partial charge in [0.1, 0.15) is 11.6 Å². The Balaban J connectivity index is 2.18. The Morgan fingerprint density at radius 2 is 2.18 bits per heavy atom. The van der Waals surface area contributed by atoms with Gasteiger partial charge in [0, 0.05) is 13.2 Å². The average Bonchev–Trinajstić information content (AvgIpc) is 2.70. The number of benzene rings is 1. The molecule has 2 aromatic rings. The minimum absolute atomic E-state index is 0.223. The van der Waals surface area contributed by atoms with Gasteiger partial charge in [0.15, 0.2) is 0 Å². The van der Waals surface area contributed by atoms with Crippen molar-refractivity contribution >= 4 is 0 Å². The first-order valence-electron chi connectivity index (χ1n) is 5.23. The molecule has 0 radical (unpaired) electrons. The van der Waals surface area contributed by atoms with Crippen molar-refractivity contribution in [3.63, 3.8) is 0 Å². The van der Waals surface area contributed by atoms with Gasteiger partial charge in [0.2, 0.25) is 0 Å². The molecule has 0 amide bonds. The summed E-state index contributed by atoms with van der Waals surface area (Å²) in [6.07, 6.45) is 3.61. The van der Waals surface area contributed by atoms with Gasteiger partial charge in [-0.05, 0) is 30.2 Å². The summed E-state index contributed by atoms with van der Waals surface area (Å²) >= 11 is 0. The van der Waals surface area contributed by atoms with Crippen LogP contribution >= 0.6 is 0 Å². The van der Waals surface area contributed by atoms with E-state index < -0.39 is 17.7 Å². The Hall–Kier alpha value is -1.75. The second-order valence-corrected chi connectivity index (χ2v) is 4.01. The molecule has 5 heteroatoms. The van der Waals surface area contributed by atoms with Crippen LogP contribution in [0, 0.1) is 11.6 Å². The minimum Gasteiger partial charge on any atom is -0.340 e. The zero-order chi connectivity index (χ0) is 12.4. The summed E-state index contributed by atoms with van der Waals surface area (Å²) in [4.78, 5) is 4.09. The highest BCUT2D eigenvalue weighted by Gasteiger charge is 2.13. The number of nitrogens with two attached hydrogens (primary N) is 1. The van der Waals surface area contributed by atoms with E-state index in [1.54, 1.807) is 17.1 Å². The lowest BCUT2D eigenvalue weighted by atomic mass is 10.0. The fraction of sp³-hybridized carbons (Fsp3) is 0.250. The van der Waals surface area contributed by atoms with Gasteiger partial charge in [-0.15, -0.1) is 0 Å². The highest BCUT2D eigenvalue weighted by molar-refractivity contribution is 5.21. The Labute approximate surface area is 97.9 Å². The van der Waals surface area contributed by atoms with Crippen LogP contribution in [-0.4, -0.2) is 9.55 Å². The van der Waals surface area contributed by atoms with E-state index in [0.717, 1.165) is 18.2 Å². The van der Waals surface area contributed by atoms with E-state index in [2.05, 4.69) is 4.98 Å². The Morgan fingerprint density at radius 3 is 2.82 bits per heavy atom. The van der Waals surface area contributed by atoms with Gasteiger partial charge in [-0.3, -0.25) is 0 Å². The van der Waals surface area contributed by atoms with Crippen molar-refractivity contribution in [1.29, 1.82) is 0 Å². The van der Waals surface area contributed by atoms with Crippen molar-refractivity contribution < 1.29 is 8.78 Å². The van der Waals surface area contributed by atoms with Gasteiger partial charge < -0.3 is 10.3 Å². The highest BCUT2D eigenvalue weighted by atomic mass is 19.1. The van der Waals surface area contributed by atoms with Crippen LogP contribution in [-0.2, 0) is 13.5 Å². The van der Waals surface area contributed by atoms with E-state index in [1.165, 1.54) is 0 Å². The molecule has 1 atom stereocenters. The van der Waals surface area contributed by atoms with Crippen molar-refractivity contribution in [2.75, 3.05) is 0 Å². The Morgan fingerprint density at radius 1 is 1.41 bits per heavy atom. The van der Waals surface area contributed by atoms with Crippen LogP contribution in [0.5, 0.6) is 0 Å². The number of nitrogens with zero attached hydrogens (tertiary/aromatic N) is 2. The maximum absolute atomic E-state index is 13.4. The first-order valence-corrected chi connectivity index (χ1v) is 5.23. The SMILES string of the molecule is Cn1cnc(C(N)Cc2cc(F)ccc2F)c1. The predicted molar refractivity (Wildman–Crippen MR) is 60.2 cm³/mol. The number of hydrogen-bond donors (Lipinski definition) is 1. The van der Waals surface area contributed by atoms with E-state index in [9.17, 15) is 8.78 Å². The molecule has 90 valence electrons. The van der Waals surface area contributed by atoms with Gasteiger partial charge >= 0.3 is 0 Å². The summed E-state index contributed by atoms with van der Waals surface area (Å²) in [5.41, 5.74) is 6.82. The molecule has 0 saturated heterocycles. The summed E-state index contributed by atoms with van der Waals surface area (Å²) in [6.45, 7) is 0. The van der Waals surface area contributed by atoms with Crippen LogP contribution in [0.2, 0.25) is 0 Å². The molecule has 0 aliphatic rings. The van der Waals surface area contributed by atoms with E-state index in [-0.39, 0.29) is 12.0 Å². The first kappa shape index (κ1) is 11.7. The van der Waals surface area contributed by atoms with Gasteiger partial charge in [-0.25, -0.2) is 13.8 Å². The third kappa shape index (κ3) is 2.68. The molecule has 0 aliphatic carbocycles. The molecule has 2 N–H and O–H groups in total. The lowest BCUT2D eigenvalue weighted by molar-refractivity contribution is 0.570. The van der Waals surface area contributed by atoms with Gasteiger partial charge in [-0.1, -0.05) is 0 Å². The quantitative estimate of drug-likeness (QED) is 0.886. The number of imidazole rings is 1. The lowest BCUT2D eigenvalue weighted by Gasteiger charge is -2.09. The summed E-state index contributed by atoms with van der Waals surface area (Å²) in [6, 6.07) is 2.92. The monoisotopic (exact) mass is 237 g/mol. The smallest absolute Gasteiger partial charge is 0.126 e. The fourth-order valence-corrected chi connectivity index (χ4v) is 1.67. The molecule has 0 bridgehead atoms. The van der Waals surface area contributed by atoms with Gasteiger partial charge in [0.25, 0.3) is 0 Å². The summed E-state index contributed by atoms with van der Waals surface area (Å²) in [7, 11) is 1.83. The number of halogens is 2. The molecule has 3 nitrogen and oxygen atoms in total. The van der Waals surface area contributed by atoms with Crippen LogP contribution in [0.1, 0.15) is 17.3 Å². The van der Waals surface area contributed by atoms with Gasteiger partial charge in [-0.2, -0.15) is 0 Å². The van der Waals surface area contributed by atoms with Crippen molar-refractivity contribution in [3.8, 4) is 0 Å². The third-order valence-corrected chi connectivity index (χ3v) is 2.55. The molecule has 17 heavy (non-hydrogen) atoms. The molecule has 1 aromatic carbocycles. The molecule has 1 heterocycles. The number of aromatic nitrogens is 2. The Kier molecular flexibility index (Phi) is 3.19. The van der Waals surface area contributed by atoms with Crippen molar-refractivity contribution in [1.82, 2.24) is 9.55 Å². The Bertz CT molecular complexity index is 522. The maximum Gasteiger partial charge on any atom is 0.126 e. The summed E-state index contributed by atoms with van der Waals surface area (Å²) in [5, 5.41) is 0. The average molecular weight is 237 g/mol. The molecule has 2 rings (SSSR count). The highest BCUT2D eigenvalue weighted by Crippen LogP contribution is 2.17. The first-order chi connectivity index (χ1) is 8.06. The third-order valence-electron chi connectivity index (χ3n) is 2.55. The molecule has 1 aromatic heterocycles. The number of aryl methyl sites for hydroxylation is 1. The summed E-state index contributed by atoms with van der Waals surface area (Å²) < 4.78 is 28.1. The van der Waals surface area contributed by atoms with E-state index >= 15 is 0 Å². The molecular formula is C12H13F2N3. The van der Waals surface area contributed by atoms with E-state index in [1.807, 2.05) is 7.05 Å². The van der Waals surface area contributed by atoms with Crippen molar-refractivity contribution in [2.24, 2.45) is 12.8 Å². The largest absolute Gasteiger partial charge is 0.340 e. The molecule has 0 spiro atoms. The normalized spacial score (nSPS) is 12.7. The van der Waals surface area contributed by atoms with Crippen molar-refractivity contribution in [2.45, 2.75) is 12.5 Å². The molecular weight excluding hydrogens is 224 g/mol. The van der Waals surface area contributed by atoms with E-state index in [4.69, 9.17) is 5.73 Å². The molecule has 0 saturated carbocycles. The second kappa shape index (κ2) is 4.63. The van der Waals surface area contributed by atoms with Crippen LogP contribution in [0.15, 0.2) is 30.7 Å².